The third kappa shape index (κ3) is 3.87. The van der Waals surface area contributed by atoms with Crippen molar-refractivity contribution >= 4 is 6.08 Å². The molecule has 0 amide bonds. The van der Waals surface area contributed by atoms with E-state index in [0.717, 1.165) is 34.4 Å². The molecule has 30 heavy (non-hydrogen) atoms. The molecule has 0 saturated heterocycles. The van der Waals surface area contributed by atoms with Gasteiger partial charge in [-0.3, -0.25) is 9.13 Å². The highest BCUT2D eigenvalue weighted by molar-refractivity contribution is 5.80. The monoisotopic (exact) mass is 400 g/mol. The molecule has 0 saturated carbocycles. The minimum absolute atomic E-state index is 0.0137. The van der Waals surface area contributed by atoms with Crippen molar-refractivity contribution in [2.75, 3.05) is 0 Å². The predicted molar refractivity (Wildman–Crippen MR) is 118 cm³/mol. The molecule has 0 spiro atoms. The summed E-state index contributed by atoms with van der Waals surface area (Å²) in [7, 11) is 0. The maximum atomic E-state index is 12.7. The number of rotatable bonds is 7. The zero-order valence-electron chi connectivity index (χ0n) is 17.1. The van der Waals surface area contributed by atoms with Crippen LogP contribution in [-0.4, -0.2) is 29.8 Å². The van der Waals surface area contributed by atoms with Gasteiger partial charge >= 0.3 is 5.69 Å². The van der Waals surface area contributed by atoms with Gasteiger partial charge in [-0.2, -0.15) is 5.21 Å². The molecule has 0 fully saturated rings. The Labute approximate surface area is 174 Å². The smallest absolute Gasteiger partial charge is 0.299 e. The van der Waals surface area contributed by atoms with E-state index in [1.807, 2.05) is 48.0 Å². The molecule has 2 heterocycles. The molecule has 0 aliphatic heterocycles. The van der Waals surface area contributed by atoms with Gasteiger partial charge in [0.05, 0.1) is 12.2 Å². The molecular weight excluding hydrogens is 376 g/mol. The summed E-state index contributed by atoms with van der Waals surface area (Å²) in [5.41, 5.74) is 5.02. The van der Waals surface area contributed by atoms with E-state index < -0.39 is 0 Å². The fourth-order valence-electron chi connectivity index (χ4n) is 3.49. The Bertz CT molecular complexity index is 1200. The van der Waals surface area contributed by atoms with Gasteiger partial charge in [-0.05, 0) is 41.3 Å². The zero-order chi connectivity index (χ0) is 20.9. The van der Waals surface area contributed by atoms with Gasteiger partial charge in [0.15, 0.2) is 0 Å². The quantitative estimate of drug-likeness (QED) is 0.509. The van der Waals surface area contributed by atoms with Crippen LogP contribution in [0.1, 0.15) is 31.5 Å². The lowest BCUT2D eigenvalue weighted by Gasteiger charge is -2.09. The summed E-state index contributed by atoms with van der Waals surface area (Å²) in [6, 6.07) is 16.2. The molecular formula is C23H24N6O. The first-order chi connectivity index (χ1) is 14.7. The van der Waals surface area contributed by atoms with Crippen LogP contribution in [-0.2, 0) is 13.1 Å². The first-order valence-corrected chi connectivity index (χ1v) is 10.1. The standard InChI is InChI=1S/C23H24N6O/c1-3-5-8-19-16-28(4-2)23(30)29(19)15-17-11-13-18(14-12-17)20-9-6-7-10-21(20)22-24-26-27-25-22/h5-14,16H,3-4,15H2,1-2H3,(H,24,25,26,27)/b8-5+. The Hall–Kier alpha value is -3.74. The van der Waals surface area contributed by atoms with Gasteiger partial charge in [-0.1, -0.05) is 61.5 Å². The average molecular weight is 400 g/mol. The number of aryl methyl sites for hydroxylation is 1. The molecule has 2 aromatic carbocycles. The number of allylic oxidation sites excluding steroid dienone is 1. The lowest BCUT2D eigenvalue weighted by molar-refractivity contribution is 0.667. The third-order valence-electron chi connectivity index (χ3n) is 5.06. The normalized spacial score (nSPS) is 11.4. The largest absolute Gasteiger partial charge is 0.328 e. The van der Waals surface area contributed by atoms with E-state index in [9.17, 15) is 4.79 Å². The van der Waals surface area contributed by atoms with Crippen molar-refractivity contribution in [1.82, 2.24) is 29.8 Å². The molecule has 7 heteroatoms. The van der Waals surface area contributed by atoms with Crippen LogP contribution >= 0.6 is 0 Å². The van der Waals surface area contributed by atoms with E-state index >= 15 is 0 Å². The fraction of sp³-hybridized carbons (Fsp3) is 0.217. The Morgan fingerprint density at radius 2 is 1.80 bits per heavy atom. The Morgan fingerprint density at radius 3 is 2.47 bits per heavy atom. The van der Waals surface area contributed by atoms with Crippen molar-refractivity contribution in [2.24, 2.45) is 0 Å². The third-order valence-corrected chi connectivity index (χ3v) is 5.06. The number of hydrogen-bond acceptors (Lipinski definition) is 4. The number of tetrazole rings is 1. The first kappa shape index (κ1) is 19.6. The van der Waals surface area contributed by atoms with E-state index in [4.69, 9.17) is 0 Å². The van der Waals surface area contributed by atoms with Gasteiger partial charge in [-0.15, -0.1) is 10.2 Å². The predicted octanol–water partition coefficient (Wildman–Crippen LogP) is 3.99. The lowest BCUT2D eigenvalue weighted by Crippen LogP contribution is -2.24. The summed E-state index contributed by atoms with van der Waals surface area (Å²) in [5.74, 6) is 0.564. The van der Waals surface area contributed by atoms with E-state index in [1.165, 1.54) is 0 Å². The van der Waals surface area contributed by atoms with Crippen LogP contribution in [0.4, 0.5) is 0 Å². The Kier molecular flexibility index (Phi) is 5.70. The van der Waals surface area contributed by atoms with Crippen LogP contribution in [0.5, 0.6) is 0 Å². The number of nitrogens with one attached hydrogen (secondary N) is 1. The maximum absolute atomic E-state index is 12.7. The molecule has 7 nitrogen and oxygen atoms in total. The fourth-order valence-corrected chi connectivity index (χ4v) is 3.49. The second kappa shape index (κ2) is 8.73. The second-order valence-electron chi connectivity index (χ2n) is 7.00. The van der Waals surface area contributed by atoms with E-state index in [-0.39, 0.29) is 5.69 Å². The minimum atomic E-state index is 0.0137. The number of nitrogens with zero attached hydrogens (tertiary/aromatic N) is 5. The van der Waals surface area contributed by atoms with Crippen molar-refractivity contribution in [1.29, 1.82) is 0 Å². The number of benzene rings is 2. The highest BCUT2D eigenvalue weighted by atomic mass is 16.1. The summed E-state index contributed by atoms with van der Waals surface area (Å²) in [5, 5.41) is 14.4. The molecule has 0 radical (unpaired) electrons. The van der Waals surface area contributed by atoms with E-state index in [1.54, 1.807) is 4.57 Å². The molecule has 4 rings (SSSR count). The second-order valence-corrected chi connectivity index (χ2v) is 7.00. The molecule has 4 aromatic rings. The van der Waals surface area contributed by atoms with Gasteiger partial charge in [0.2, 0.25) is 5.82 Å². The van der Waals surface area contributed by atoms with Crippen molar-refractivity contribution in [3.05, 3.63) is 82.5 Å². The highest BCUT2D eigenvalue weighted by Gasteiger charge is 2.12. The highest BCUT2D eigenvalue weighted by Crippen LogP contribution is 2.29. The molecule has 0 aliphatic carbocycles. The van der Waals surface area contributed by atoms with E-state index in [0.29, 0.717) is 18.9 Å². The van der Waals surface area contributed by atoms with Gasteiger partial charge in [0.1, 0.15) is 0 Å². The zero-order valence-corrected chi connectivity index (χ0v) is 17.1. The van der Waals surface area contributed by atoms with Crippen LogP contribution < -0.4 is 5.69 Å². The first-order valence-electron chi connectivity index (χ1n) is 10.1. The van der Waals surface area contributed by atoms with Gasteiger partial charge in [0, 0.05) is 18.3 Å². The van der Waals surface area contributed by atoms with Gasteiger partial charge < -0.3 is 0 Å². The van der Waals surface area contributed by atoms with Crippen LogP contribution in [0, 0.1) is 0 Å². The summed E-state index contributed by atoms with van der Waals surface area (Å²) in [6.45, 7) is 5.25. The van der Waals surface area contributed by atoms with Crippen molar-refractivity contribution in [3.8, 4) is 22.5 Å². The summed E-state index contributed by atoms with van der Waals surface area (Å²) in [6.07, 6.45) is 6.94. The summed E-state index contributed by atoms with van der Waals surface area (Å²) >= 11 is 0. The summed E-state index contributed by atoms with van der Waals surface area (Å²) < 4.78 is 3.56. The SMILES string of the molecule is CC/C=C/c1cn(CC)c(=O)n1Cc1ccc(-c2ccccc2-c2nn[nH]n2)cc1. The number of aromatic amines is 1. The number of aromatic nitrogens is 6. The molecule has 152 valence electrons. The van der Waals surface area contributed by atoms with Gasteiger partial charge in [-0.25, -0.2) is 4.79 Å². The van der Waals surface area contributed by atoms with Crippen molar-refractivity contribution < 1.29 is 0 Å². The van der Waals surface area contributed by atoms with Crippen molar-refractivity contribution in [2.45, 2.75) is 33.4 Å². The van der Waals surface area contributed by atoms with Crippen LogP contribution in [0.2, 0.25) is 0 Å². The Morgan fingerprint density at radius 1 is 1.03 bits per heavy atom. The molecule has 2 aromatic heterocycles. The number of hydrogen-bond donors (Lipinski definition) is 1. The molecule has 0 atom stereocenters. The van der Waals surface area contributed by atoms with Crippen molar-refractivity contribution in [3.63, 3.8) is 0 Å². The lowest BCUT2D eigenvalue weighted by atomic mass is 9.98. The minimum Gasteiger partial charge on any atom is -0.299 e. The van der Waals surface area contributed by atoms with Gasteiger partial charge in [0.25, 0.3) is 0 Å². The Balaban J connectivity index is 1.65. The van der Waals surface area contributed by atoms with Crippen LogP contribution in [0.3, 0.4) is 0 Å². The average Bonchev–Trinajstić information content (AvgIpc) is 3.42. The number of H-pyrrole nitrogens is 1. The molecule has 1 N–H and O–H groups in total. The summed E-state index contributed by atoms with van der Waals surface area (Å²) in [4.78, 5) is 12.7. The molecule has 0 bridgehead atoms. The molecule has 0 unspecified atom stereocenters. The topological polar surface area (TPSA) is 81.4 Å². The molecule has 0 aliphatic rings. The maximum Gasteiger partial charge on any atom is 0.328 e. The number of imidazole rings is 1. The van der Waals surface area contributed by atoms with E-state index in [2.05, 4.69) is 57.9 Å². The van der Waals surface area contributed by atoms with Crippen LogP contribution in [0.25, 0.3) is 28.6 Å². The van der Waals surface area contributed by atoms with Crippen LogP contribution in [0.15, 0.2) is 65.6 Å².